The Morgan fingerprint density at radius 3 is 2.55 bits per heavy atom. The minimum absolute atomic E-state index is 0.154. The van der Waals surface area contributed by atoms with E-state index < -0.39 is 0 Å². The molecule has 2 aliphatic heterocycles. The molecule has 0 radical (unpaired) electrons. The smallest absolute Gasteiger partial charge is 0.255 e. The Labute approximate surface area is 181 Å². The summed E-state index contributed by atoms with van der Waals surface area (Å²) in [5.41, 5.74) is 4.11. The molecular weight excluding hydrogens is 388 g/mol. The quantitative estimate of drug-likeness (QED) is 0.675. The highest BCUT2D eigenvalue weighted by molar-refractivity contribution is 6.05. The topological polar surface area (TPSA) is 67.2 Å². The van der Waals surface area contributed by atoms with Crippen molar-refractivity contribution in [1.29, 1.82) is 0 Å². The molecule has 1 fully saturated rings. The monoisotopic (exact) mass is 414 g/mol. The molecule has 0 saturated carbocycles. The highest BCUT2D eigenvalue weighted by Gasteiger charge is 2.20. The van der Waals surface area contributed by atoms with Crippen LogP contribution in [0.15, 0.2) is 54.7 Å². The third-order valence-corrected chi connectivity index (χ3v) is 6.09. The van der Waals surface area contributed by atoms with E-state index in [-0.39, 0.29) is 11.8 Å². The first-order valence-electron chi connectivity index (χ1n) is 11.1. The summed E-state index contributed by atoms with van der Waals surface area (Å²) in [6.07, 6.45) is 8.09. The maximum absolute atomic E-state index is 12.8. The molecule has 2 aliphatic rings. The number of aryl methyl sites for hydroxylation is 2. The van der Waals surface area contributed by atoms with Crippen molar-refractivity contribution < 1.29 is 9.59 Å². The van der Waals surface area contributed by atoms with Gasteiger partial charge in [0, 0.05) is 54.6 Å². The molecule has 0 atom stereocenters. The number of hydrogen-bond acceptors (Lipinski definition) is 3. The van der Waals surface area contributed by atoms with Gasteiger partial charge in [-0.1, -0.05) is 12.1 Å². The zero-order chi connectivity index (χ0) is 21.2. The van der Waals surface area contributed by atoms with Gasteiger partial charge in [-0.15, -0.1) is 0 Å². The summed E-state index contributed by atoms with van der Waals surface area (Å²) in [5, 5.41) is 2.98. The molecule has 1 saturated heterocycles. The van der Waals surface area contributed by atoms with Crippen molar-refractivity contribution in [2.24, 2.45) is 0 Å². The average Bonchev–Trinajstić information content (AvgIpc) is 3.24. The lowest BCUT2D eigenvalue weighted by molar-refractivity contribution is -0.119. The fourth-order valence-electron chi connectivity index (χ4n) is 4.38. The first-order chi connectivity index (χ1) is 15.2. The molecule has 0 bridgehead atoms. The molecule has 6 heteroatoms. The van der Waals surface area contributed by atoms with Crippen LogP contribution in [-0.4, -0.2) is 27.9 Å². The number of hydrogen-bond donors (Lipinski definition) is 1. The summed E-state index contributed by atoms with van der Waals surface area (Å²) in [6, 6.07) is 15.1. The van der Waals surface area contributed by atoms with Gasteiger partial charge >= 0.3 is 0 Å². The number of rotatable bonds is 4. The van der Waals surface area contributed by atoms with E-state index in [0.29, 0.717) is 12.0 Å². The summed E-state index contributed by atoms with van der Waals surface area (Å²) in [6.45, 7) is 1.77. The Morgan fingerprint density at radius 1 is 0.935 bits per heavy atom. The molecule has 31 heavy (non-hydrogen) atoms. The second kappa shape index (κ2) is 8.38. The number of aromatic nitrogens is 2. The Kier molecular flexibility index (Phi) is 5.28. The lowest BCUT2D eigenvalue weighted by Crippen LogP contribution is -2.35. The largest absolute Gasteiger partial charge is 0.334 e. The van der Waals surface area contributed by atoms with Crippen molar-refractivity contribution in [1.82, 2.24) is 9.55 Å². The van der Waals surface area contributed by atoms with Crippen molar-refractivity contribution in [2.75, 3.05) is 16.8 Å². The maximum Gasteiger partial charge on any atom is 0.255 e. The van der Waals surface area contributed by atoms with Gasteiger partial charge in [-0.05, 0) is 62.1 Å². The molecule has 0 aliphatic carbocycles. The van der Waals surface area contributed by atoms with E-state index in [1.807, 2.05) is 36.4 Å². The maximum atomic E-state index is 12.8. The van der Waals surface area contributed by atoms with Gasteiger partial charge in [0.05, 0.1) is 5.69 Å². The molecule has 0 unspecified atom stereocenters. The van der Waals surface area contributed by atoms with Gasteiger partial charge in [0.25, 0.3) is 5.91 Å². The van der Waals surface area contributed by atoms with Gasteiger partial charge in [0.1, 0.15) is 5.82 Å². The third kappa shape index (κ3) is 4.10. The van der Waals surface area contributed by atoms with E-state index >= 15 is 0 Å². The van der Waals surface area contributed by atoms with Crippen LogP contribution in [-0.2, 0) is 17.8 Å². The molecule has 6 nitrogen and oxygen atoms in total. The number of carbonyl (C=O) groups is 2. The van der Waals surface area contributed by atoms with Gasteiger partial charge in [0.2, 0.25) is 5.91 Å². The van der Waals surface area contributed by atoms with E-state index in [9.17, 15) is 9.59 Å². The van der Waals surface area contributed by atoms with Crippen LogP contribution in [0.2, 0.25) is 0 Å². The first kappa shape index (κ1) is 19.5. The van der Waals surface area contributed by atoms with Crippen LogP contribution >= 0.6 is 0 Å². The van der Waals surface area contributed by atoms with Crippen molar-refractivity contribution in [3.63, 3.8) is 0 Å². The number of fused-ring (bicyclic) bond motifs is 1. The van der Waals surface area contributed by atoms with Crippen molar-refractivity contribution >= 4 is 23.2 Å². The molecule has 3 aromatic rings. The molecule has 0 spiro atoms. The van der Waals surface area contributed by atoms with Crippen molar-refractivity contribution in [3.05, 3.63) is 66.1 Å². The summed E-state index contributed by atoms with van der Waals surface area (Å²) in [5.74, 6) is 1.13. The number of anilines is 2. The number of carbonyl (C=O) groups excluding carboxylic acids is 2. The molecule has 1 N–H and O–H groups in total. The minimum atomic E-state index is -0.169. The number of amides is 2. The summed E-state index contributed by atoms with van der Waals surface area (Å²) in [7, 11) is 0. The van der Waals surface area contributed by atoms with Gasteiger partial charge in [-0.2, -0.15) is 0 Å². The van der Waals surface area contributed by atoms with Crippen LogP contribution in [0.4, 0.5) is 11.4 Å². The first-order valence-corrected chi connectivity index (χ1v) is 11.1. The van der Waals surface area contributed by atoms with Gasteiger partial charge < -0.3 is 14.8 Å². The van der Waals surface area contributed by atoms with Crippen LogP contribution < -0.4 is 10.2 Å². The summed E-state index contributed by atoms with van der Waals surface area (Å²) in [4.78, 5) is 31.5. The van der Waals surface area contributed by atoms with Gasteiger partial charge in [-0.3, -0.25) is 9.59 Å². The second-order valence-corrected chi connectivity index (χ2v) is 8.28. The van der Waals surface area contributed by atoms with E-state index in [0.717, 1.165) is 60.8 Å². The second-order valence-electron chi connectivity index (χ2n) is 8.28. The van der Waals surface area contributed by atoms with E-state index in [1.165, 1.54) is 12.8 Å². The number of benzene rings is 2. The molecule has 5 rings (SSSR count). The average molecular weight is 415 g/mol. The van der Waals surface area contributed by atoms with E-state index in [4.69, 9.17) is 4.98 Å². The Hall–Kier alpha value is -3.41. The fourth-order valence-corrected chi connectivity index (χ4v) is 4.38. The Balaban J connectivity index is 1.30. The summed E-state index contributed by atoms with van der Waals surface area (Å²) >= 11 is 0. The van der Waals surface area contributed by atoms with Crippen LogP contribution in [0.3, 0.4) is 0 Å². The number of nitrogens with one attached hydrogen (secondary N) is 1. The lowest BCUT2D eigenvalue weighted by Gasteiger charge is -2.26. The van der Waals surface area contributed by atoms with Crippen molar-refractivity contribution in [3.8, 4) is 11.3 Å². The summed E-state index contributed by atoms with van der Waals surface area (Å²) < 4.78 is 2.23. The zero-order valence-corrected chi connectivity index (χ0v) is 17.5. The Bertz CT molecular complexity index is 1090. The predicted molar refractivity (Wildman–Crippen MR) is 121 cm³/mol. The molecular formula is C25H26N4O2. The standard InChI is InChI=1S/C25H26N4O2/c30-24-9-2-4-15-29(24)21-12-10-18(11-13-21)25(31)26-20-7-5-6-19(16-20)22-17-28-14-3-1-8-23(28)27-22/h5-7,10-13,16-17H,1-4,8-9,14-15H2,(H,26,31). The SMILES string of the molecule is O=C(Nc1cccc(-c2cn3c(n2)CCCC3)c1)c1ccc(N2CCCCC2=O)cc1. The highest BCUT2D eigenvalue weighted by Crippen LogP contribution is 2.26. The predicted octanol–water partition coefficient (Wildman–Crippen LogP) is 4.66. The van der Waals surface area contributed by atoms with E-state index in [1.54, 1.807) is 17.0 Å². The molecule has 1 aromatic heterocycles. The lowest BCUT2D eigenvalue weighted by atomic mass is 10.1. The van der Waals surface area contributed by atoms with Crippen molar-refractivity contribution in [2.45, 2.75) is 45.1 Å². The molecule has 3 heterocycles. The van der Waals surface area contributed by atoms with Crippen LogP contribution in [0, 0.1) is 0 Å². The zero-order valence-electron chi connectivity index (χ0n) is 17.5. The highest BCUT2D eigenvalue weighted by atomic mass is 16.2. The molecule has 2 amide bonds. The Morgan fingerprint density at radius 2 is 1.74 bits per heavy atom. The van der Waals surface area contributed by atoms with Gasteiger partial charge in [0.15, 0.2) is 0 Å². The number of imidazole rings is 1. The molecule has 2 aromatic carbocycles. The normalized spacial score (nSPS) is 16.1. The van der Waals surface area contributed by atoms with Crippen LogP contribution in [0.25, 0.3) is 11.3 Å². The third-order valence-electron chi connectivity index (χ3n) is 6.09. The number of nitrogens with zero attached hydrogens (tertiary/aromatic N) is 3. The molecule has 158 valence electrons. The van der Waals surface area contributed by atoms with Crippen LogP contribution in [0.5, 0.6) is 0 Å². The van der Waals surface area contributed by atoms with Crippen LogP contribution in [0.1, 0.15) is 48.3 Å². The fraction of sp³-hybridized carbons (Fsp3) is 0.320. The minimum Gasteiger partial charge on any atom is -0.334 e. The number of piperidine rings is 1. The van der Waals surface area contributed by atoms with Gasteiger partial charge in [-0.25, -0.2) is 4.98 Å². The van der Waals surface area contributed by atoms with E-state index in [2.05, 4.69) is 16.1 Å².